The number of amides is 1. The van der Waals surface area contributed by atoms with Gasteiger partial charge in [-0.1, -0.05) is 13.3 Å². The summed E-state index contributed by atoms with van der Waals surface area (Å²) in [5, 5.41) is 3.39. The van der Waals surface area contributed by atoms with Crippen molar-refractivity contribution >= 4 is 5.91 Å². The summed E-state index contributed by atoms with van der Waals surface area (Å²) in [6.45, 7) is 8.48. The molecule has 1 aliphatic heterocycles. The normalized spacial score (nSPS) is 29.4. The van der Waals surface area contributed by atoms with Crippen molar-refractivity contribution in [1.82, 2.24) is 10.2 Å². The van der Waals surface area contributed by atoms with Gasteiger partial charge in [0.25, 0.3) is 0 Å². The zero-order valence-corrected chi connectivity index (χ0v) is 12.0. The zero-order chi connectivity index (χ0) is 13.0. The van der Waals surface area contributed by atoms with Gasteiger partial charge in [-0.15, -0.1) is 0 Å². The summed E-state index contributed by atoms with van der Waals surface area (Å²) in [4.78, 5) is 14.7. The molecule has 2 atom stereocenters. The lowest BCUT2D eigenvalue weighted by atomic mass is 9.94. The van der Waals surface area contributed by atoms with E-state index in [2.05, 4.69) is 24.1 Å². The van der Waals surface area contributed by atoms with Crippen LogP contribution in [0.4, 0.5) is 0 Å². The number of rotatable bonds is 4. The molecule has 0 spiro atoms. The average Bonchev–Trinajstić information content (AvgIpc) is 2.82. The van der Waals surface area contributed by atoms with Crippen LogP contribution in [0.25, 0.3) is 0 Å². The van der Waals surface area contributed by atoms with Crippen molar-refractivity contribution in [2.24, 2.45) is 17.8 Å². The summed E-state index contributed by atoms with van der Waals surface area (Å²) in [6, 6.07) is 0. The molecular formula is C15H28N2O. The quantitative estimate of drug-likeness (QED) is 0.832. The standard InChI is InChI=1S/C15H28N2O/c1-3-17(11-13-7-9-16-10-8-13)15(18)14-6-4-5-12(14)2/h12-14,16H,3-11H2,1-2H3. The van der Waals surface area contributed by atoms with Gasteiger partial charge in [0.05, 0.1) is 0 Å². The Kier molecular flexibility index (Phi) is 5.04. The van der Waals surface area contributed by atoms with Gasteiger partial charge in [0.1, 0.15) is 0 Å². The Morgan fingerprint density at radius 1 is 1.22 bits per heavy atom. The Labute approximate surface area is 111 Å². The smallest absolute Gasteiger partial charge is 0.225 e. The number of nitrogens with zero attached hydrogens (tertiary/aromatic N) is 1. The van der Waals surface area contributed by atoms with Gasteiger partial charge in [-0.3, -0.25) is 4.79 Å². The maximum Gasteiger partial charge on any atom is 0.225 e. The maximum absolute atomic E-state index is 12.6. The highest BCUT2D eigenvalue weighted by Crippen LogP contribution is 2.32. The number of hydrogen-bond acceptors (Lipinski definition) is 2. The molecular weight excluding hydrogens is 224 g/mol. The molecule has 0 bridgehead atoms. The van der Waals surface area contributed by atoms with Crippen LogP contribution in [0.2, 0.25) is 0 Å². The molecule has 1 heterocycles. The fourth-order valence-electron chi connectivity index (χ4n) is 3.50. The van der Waals surface area contributed by atoms with Crippen LogP contribution in [-0.4, -0.2) is 37.0 Å². The molecule has 1 aliphatic carbocycles. The van der Waals surface area contributed by atoms with Gasteiger partial charge in [-0.25, -0.2) is 0 Å². The molecule has 1 saturated heterocycles. The summed E-state index contributed by atoms with van der Waals surface area (Å²) in [5.74, 6) is 2.05. The SMILES string of the molecule is CCN(CC1CCNCC1)C(=O)C1CCCC1C. The van der Waals surface area contributed by atoms with Gasteiger partial charge >= 0.3 is 0 Å². The Balaban J connectivity index is 1.88. The largest absolute Gasteiger partial charge is 0.342 e. The number of hydrogen-bond donors (Lipinski definition) is 1. The second-order valence-electron chi connectivity index (χ2n) is 6.08. The Bertz CT molecular complexity index is 274. The van der Waals surface area contributed by atoms with Crippen molar-refractivity contribution in [2.75, 3.05) is 26.2 Å². The molecule has 0 aromatic heterocycles. The van der Waals surface area contributed by atoms with Crippen LogP contribution < -0.4 is 5.32 Å². The number of carbonyl (C=O) groups excluding carboxylic acids is 1. The van der Waals surface area contributed by atoms with Crippen molar-refractivity contribution in [3.63, 3.8) is 0 Å². The molecule has 1 amide bonds. The molecule has 2 aliphatic rings. The van der Waals surface area contributed by atoms with E-state index >= 15 is 0 Å². The van der Waals surface area contributed by atoms with E-state index in [4.69, 9.17) is 0 Å². The molecule has 0 aromatic carbocycles. The van der Waals surface area contributed by atoms with Crippen molar-refractivity contribution in [1.29, 1.82) is 0 Å². The average molecular weight is 252 g/mol. The second-order valence-corrected chi connectivity index (χ2v) is 6.08. The van der Waals surface area contributed by atoms with E-state index in [0.717, 1.165) is 32.6 Å². The van der Waals surface area contributed by atoms with Crippen molar-refractivity contribution < 1.29 is 4.79 Å². The fourth-order valence-corrected chi connectivity index (χ4v) is 3.50. The van der Waals surface area contributed by atoms with Gasteiger partial charge < -0.3 is 10.2 Å². The predicted molar refractivity (Wildman–Crippen MR) is 74.4 cm³/mol. The first kappa shape index (κ1) is 13.9. The van der Waals surface area contributed by atoms with Crippen LogP contribution in [0.15, 0.2) is 0 Å². The van der Waals surface area contributed by atoms with Crippen molar-refractivity contribution in [3.8, 4) is 0 Å². The molecule has 2 unspecified atom stereocenters. The van der Waals surface area contributed by atoms with Crippen molar-refractivity contribution in [2.45, 2.75) is 46.0 Å². The van der Waals surface area contributed by atoms with Crippen LogP contribution in [-0.2, 0) is 4.79 Å². The van der Waals surface area contributed by atoms with Crippen LogP contribution in [0.1, 0.15) is 46.0 Å². The van der Waals surface area contributed by atoms with E-state index in [9.17, 15) is 4.79 Å². The van der Waals surface area contributed by atoms with E-state index in [-0.39, 0.29) is 0 Å². The van der Waals surface area contributed by atoms with Crippen LogP contribution in [0.3, 0.4) is 0 Å². The van der Waals surface area contributed by atoms with Crippen LogP contribution in [0, 0.1) is 17.8 Å². The van der Waals surface area contributed by atoms with E-state index in [1.165, 1.54) is 25.7 Å². The summed E-state index contributed by atoms with van der Waals surface area (Å²) in [5.41, 5.74) is 0. The highest BCUT2D eigenvalue weighted by Gasteiger charge is 2.33. The molecule has 18 heavy (non-hydrogen) atoms. The monoisotopic (exact) mass is 252 g/mol. The first-order valence-electron chi connectivity index (χ1n) is 7.72. The first-order valence-corrected chi connectivity index (χ1v) is 7.72. The van der Waals surface area contributed by atoms with E-state index in [1.54, 1.807) is 0 Å². The summed E-state index contributed by atoms with van der Waals surface area (Å²) in [7, 11) is 0. The van der Waals surface area contributed by atoms with Crippen LogP contribution >= 0.6 is 0 Å². The highest BCUT2D eigenvalue weighted by atomic mass is 16.2. The molecule has 0 aromatic rings. The molecule has 3 nitrogen and oxygen atoms in total. The second kappa shape index (κ2) is 6.55. The van der Waals surface area contributed by atoms with E-state index in [1.807, 2.05) is 0 Å². The Hall–Kier alpha value is -0.570. The Morgan fingerprint density at radius 3 is 2.50 bits per heavy atom. The topological polar surface area (TPSA) is 32.3 Å². The fraction of sp³-hybridized carbons (Fsp3) is 0.933. The van der Waals surface area contributed by atoms with Gasteiger partial charge in [0.15, 0.2) is 0 Å². The minimum atomic E-state index is 0.312. The van der Waals surface area contributed by atoms with Gasteiger partial charge in [-0.2, -0.15) is 0 Å². The third-order valence-corrected chi connectivity index (χ3v) is 4.81. The first-order chi connectivity index (χ1) is 8.72. The zero-order valence-electron chi connectivity index (χ0n) is 12.0. The summed E-state index contributed by atoms with van der Waals surface area (Å²) < 4.78 is 0. The minimum absolute atomic E-state index is 0.312. The minimum Gasteiger partial charge on any atom is -0.342 e. The molecule has 104 valence electrons. The summed E-state index contributed by atoms with van der Waals surface area (Å²) in [6.07, 6.45) is 6.04. The lowest BCUT2D eigenvalue weighted by molar-refractivity contribution is -0.137. The number of piperidine rings is 1. The third kappa shape index (κ3) is 3.25. The van der Waals surface area contributed by atoms with E-state index in [0.29, 0.717) is 23.7 Å². The Morgan fingerprint density at radius 2 is 1.94 bits per heavy atom. The van der Waals surface area contributed by atoms with E-state index < -0.39 is 0 Å². The predicted octanol–water partition coefficient (Wildman–Crippen LogP) is 2.27. The van der Waals surface area contributed by atoms with Gasteiger partial charge in [-0.05, 0) is 57.5 Å². The van der Waals surface area contributed by atoms with Gasteiger partial charge in [0.2, 0.25) is 5.91 Å². The number of carbonyl (C=O) groups is 1. The highest BCUT2D eigenvalue weighted by molar-refractivity contribution is 5.79. The van der Waals surface area contributed by atoms with Gasteiger partial charge in [0, 0.05) is 19.0 Å². The van der Waals surface area contributed by atoms with Crippen LogP contribution in [0.5, 0.6) is 0 Å². The van der Waals surface area contributed by atoms with Crippen molar-refractivity contribution in [3.05, 3.63) is 0 Å². The molecule has 1 saturated carbocycles. The molecule has 1 N–H and O–H groups in total. The number of nitrogens with one attached hydrogen (secondary N) is 1. The lowest BCUT2D eigenvalue weighted by Crippen LogP contribution is -2.42. The molecule has 2 rings (SSSR count). The lowest BCUT2D eigenvalue weighted by Gasteiger charge is -2.32. The molecule has 0 radical (unpaired) electrons. The third-order valence-electron chi connectivity index (χ3n) is 4.81. The summed E-state index contributed by atoms with van der Waals surface area (Å²) >= 11 is 0. The molecule has 3 heteroatoms. The molecule has 2 fully saturated rings. The maximum atomic E-state index is 12.6.